The van der Waals surface area contributed by atoms with E-state index in [1.807, 2.05) is 0 Å². The number of rotatable bonds is 23. The van der Waals surface area contributed by atoms with Crippen LogP contribution in [0.2, 0.25) is 0 Å². The maximum absolute atomic E-state index is 10.6. The first-order valence-corrected chi connectivity index (χ1v) is 12.6. The van der Waals surface area contributed by atoms with Crippen LogP contribution in [0.15, 0.2) is 24.3 Å². The van der Waals surface area contributed by atoms with Crippen molar-refractivity contribution < 1.29 is 33.3 Å². The molecule has 0 unspecified atom stereocenters. The van der Waals surface area contributed by atoms with Crippen LogP contribution in [0.1, 0.15) is 25.7 Å². The van der Waals surface area contributed by atoms with Gasteiger partial charge in [0.2, 0.25) is 0 Å². The number of hydrogen-bond acceptors (Lipinski definition) is 8. The van der Waals surface area contributed by atoms with E-state index in [0.717, 1.165) is 13.0 Å². The SMILES string of the molecule is O=[N+]([O-])c1ccc(OCCOCCOCCOCCOCCOCCCCCCI)cc1. The van der Waals surface area contributed by atoms with E-state index in [-0.39, 0.29) is 5.69 Å². The molecule has 32 heavy (non-hydrogen) atoms. The van der Waals surface area contributed by atoms with E-state index in [9.17, 15) is 10.1 Å². The maximum Gasteiger partial charge on any atom is 0.269 e. The van der Waals surface area contributed by atoms with Crippen molar-refractivity contribution in [3.8, 4) is 5.75 Å². The van der Waals surface area contributed by atoms with E-state index in [0.29, 0.717) is 71.8 Å². The lowest BCUT2D eigenvalue weighted by atomic mass is 10.2. The first-order chi connectivity index (χ1) is 15.7. The van der Waals surface area contributed by atoms with Gasteiger partial charge in [0.15, 0.2) is 0 Å². The van der Waals surface area contributed by atoms with Crippen molar-refractivity contribution in [2.24, 2.45) is 0 Å². The molecule has 0 radical (unpaired) electrons. The molecule has 1 rings (SSSR count). The van der Waals surface area contributed by atoms with Crippen molar-refractivity contribution in [2.45, 2.75) is 25.7 Å². The van der Waals surface area contributed by atoms with Crippen molar-refractivity contribution in [3.63, 3.8) is 0 Å². The molecule has 1 aromatic rings. The summed E-state index contributed by atoms with van der Waals surface area (Å²) < 4.78 is 33.9. The fraction of sp³-hybridized carbons (Fsp3) is 0.727. The second kappa shape index (κ2) is 21.8. The van der Waals surface area contributed by atoms with Crippen molar-refractivity contribution >= 4 is 28.3 Å². The summed E-state index contributed by atoms with van der Waals surface area (Å²) in [6.45, 7) is 5.87. The molecule has 1 aromatic carbocycles. The van der Waals surface area contributed by atoms with E-state index < -0.39 is 4.92 Å². The third-order valence-electron chi connectivity index (χ3n) is 4.20. The van der Waals surface area contributed by atoms with Crippen molar-refractivity contribution in [1.29, 1.82) is 0 Å². The van der Waals surface area contributed by atoms with Gasteiger partial charge in [0.25, 0.3) is 5.69 Å². The summed E-state index contributed by atoms with van der Waals surface area (Å²) in [6, 6.07) is 5.94. The highest BCUT2D eigenvalue weighted by atomic mass is 127. The molecule has 0 aliphatic heterocycles. The average Bonchev–Trinajstić information content (AvgIpc) is 2.80. The number of benzene rings is 1. The van der Waals surface area contributed by atoms with Crippen molar-refractivity contribution in [2.75, 3.05) is 77.1 Å². The lowest BCUT2D eigenvalue weighted by Gasteiger charge is -2.08. The summed E-state index contributed by atoms with van der Waals surface area (Å²) >= 11 is 2.41. The summed E-state index contributed by atoms with van der Waals surface area (Å²) in [6.07, 6.45) is 4.95. The van der Waals surface area contributed by atoms with Gasteiger partial charge in [-0.25, -0.2) is 0 Å². The molecule has 184 valence electrons. The van der Waals surface area contributed by atoms with Crippen LogP contribution in [-0.4, -0.2) is 82.0 Å². The largest absolute Gasteiger partial charge is 0.491 e. The van der Waals surface area contributed by atoms with Crippen LogP contribution in [0.4, 0.5) is 5.69 Å². The van der Waals surface area contributed by atoms with Gasteiger partial charge >= 0.3 is 0 Å². The van der Waals surface area contributed by atoms with Crippen molar-refractivity contribution in [1.82, 2.24) is 0 Å². The molecule has 0 amide bonds. The Kier molecular flexibility index (Phi) is 19.7. The summed E-state index contributed by atoms with van der Waals surface area (Å²) in [7, 11) is 0. The lowest BCUT2D eigenvalue weighted by Crippen LogP contribution is -2.14. The number of unbranched alkanes of at least 4 members (excludes halogenated alkanes) is 3. The number of non-ortho nitro benzene ring substituents is 1. The molecule has 0 bridgehead atoms. The Balaban J connectivity index is 1.73. The molecular formula is C22H36INO8. The predicted molar refractivity (Wildman–Crippen MR) is 130 cm³/mol. The zero-order chi connectivity index (χ0) is 23.1. The van der Waals surface area contributed by atoms with Gasteiger partial charge in [-0.05, 0) is 29.4 Å². The Morgan fingerprint density at radius 2 is 1.06 bits per heavy atom. The Morgan fingerprint density at radius 3 is 1.53 bits per heavy atom. The van der Waals surface area contributed by atoms with Gasteiger partial charge < -0.3 is 28.4 Å². The molecule has 0 aliphatic carbocycles. The summed E-state index contributed by atoms with van der Waals surface area (Å²) in [5.41, 5.74) is 0.0375. The number of hydrogen-bond donors (Lipinski definition) is 0. The number of nitrogens with zero attached hydrogens (tertiary/aromatic N) is 1. The van der Waals surface area contributed by atoms with Crippen LogP contribution in [0.3, 0.4) is 0 Å². The van der Waals surface area contributed by atoms with E-state index in [1.165, 1.54) is 35.8 Å². The van der Waals surface area contributed by atoms with E-state index in [4.69, 9.17) is 28.4 Å². The molecule has 9 nitrogen and oxygen atoms in total. The summed E-state index contributed by atoms with van der Waals surface area (Å²) in [4.78, 5) is 10.1. The Labute approximate surface area is 204 Å². The predicted octanol–water partition coefficient (Wildman–Crippen LogP) is 4.05. The second-order valence-electron chi connectivity index (χ2n) is 6.76. The zero-order valence-corrected chi connectivity index (χ0v) is 20.9. The molecule has 0 atom stereocenters. The van der Waals surface area contributed by atoms with Crippen molar-refractivity contribution in [3.05, 3.63) is 34.4 Å². The smallest absolute Gasteiger partial charge is 0.269 e. The van der Waals surface area contributed by atoms with Gasteiger partial charge in [0.1, 0.15) is 12.4 Å². The Hall–Kier alpha value is -1.05. The van der Waals surface area contributed by atoms with Crippen LogP contribution in [-0.2, 0) is 23.7 Å². The number of nitro groups is 1. The molecule has 0 aliphatic rings. The minimum Gasteiger partial charge on any atom is -0.491 e. The minimum atomic E-state index is -0.445. The molecule has 0 saturated carbocycles. The van der Waals surface area contributed by atoms with E-state index in [1.54, 1.807) is 12.1 Å². The number of nitro benzene ring substituents is 1. The Morgan fingerprint density at radius 1 is 0.625 bits per heavy atom. The average molecular weight is 569 g/mol. The highest BCUT2D eigenvalue weighted by Gasteiger charge is 2.04. The number of alkyl halides is 1. The minimum absolute atomic E-state index is 0.0375. The normalized spacial score (nSPS) is 11.0. The standard InChI is InChI=1S/C22H36INO8/c23-9-3-1-2-4-10-27-11-12-28-13-14-29-15-16-30-17-18-31-19-20-32-22-7-5-21(6-8-22)24(25)26/h5-8H,1-4,9-20H2. The molecule has 0 spiro atoms. The fourth-order valence-electron chi connectivity index (χ4n) is 2.52. The molecule has 0 heterocycles. The molecule has 0 saturated heterocycles. The van der Waals surface area contributed by atoms with Gasteiger partial charge in [-0.3, -0.25) is 10.1 Å². The highest BCUT2D eigenvalue weighted by Crippen LogP contribution is 2.17. The van der Waals surface area contributed by atoms with Gasteiger partial charge in [-0.2, -0.15) is 0 Å². The van der Waals surface area contributed by atoms with Crippen LogP contribution >= 0.6 is 22.6 Å². The molecule has 10 heteroatoms. The third-order valence-corrected chi connectivity index (χ3v) is 4.97. The molecule has 0 fully saturated rings. The van der Waals surface area contributed by atoms with Gasteiger partial charge in [-0.1, -0.05) is 35.4 Å². The molecule has 0 aromatic heterocycles. The number of halogens is 1. The first kappa shape index (κ1) is 29.0. The van der Waals surface area contributed by atoms with Crippen LogP contribution in [0.25, 0.3) is 0 Å². The van der Waals surface area contributed by atoms with E-state index >= 15 is 0 Å². The van der Waals surface area contributed by atoms with Crippen LogP contribution < -0.4 is 4.74 Å². The molecule has 0 N–H and O–H groups in total. The third kappa shape index (κ3) is 17.5. The second-order valence-corrected chi connectivity index (χ2v) is 7.84. The van der Waals surface area contributed by atoms with E-state index in [2.05, 4.69) is 22.6 Å². The van der Waals surface area contributed by atoms with Gasteiger partial charge in [-0.15, -0.1) is 0 Å². The van der Waals surface area contributed by atoms with Crippen LogP contribution in [0, 0.1) is 10.1 Å². The maximum atomic E-state index is 10.6. The topological polar surface area (TPSA) is 98.5 Å². The first-order valence-electron chi connectivity index (χ1n) is 11.1. The quantitative estimate of drug-likeness (QED) is 0.0641. The van der Waals surface area contributed by atoms with Gasteiger partial charge in [0.05, 0.1) is 64.4 Å². The van der Waals surface area contributed by atoms with Crippen LogP contribution in [0.5, 0.6) is 5.75 Å². The lowest BCUT2D eigenvalue weighted by molar-refractivity contribution is -0.384. The zero-order valence-electron chi connectivity index (χ0n) is 18.7. The fourth-order valence-corrected chi connectivity index (χ4v) is 3.06. The molecular weight excluding hydrogens is 533 g/mol. The monoisotopic (exact) mass is 569 g/mol. The highest BCUT2D eigenvalue weighted by molar-refractivity contribution is 14.1. The summed E-state index contributed by atoms with van der Waals surface area (Å²) in [5.74, 6) is 0.571. The number of ether oxygens (including phenoxy) is 6. The Bertz CT molecular complexity index is 561. The summed E-state index contributed by atoms with van der Waals surface area (Å²) in [5, 5.41) is 10.6. The van der Waals surface area contributed by atoms with Gasteiger partial charge in [0, 0.05) is 18.7 Å².